The molecule has 6 nitrogen and oxygen atoms in total. The summed E-state index contributed by atoms with van der Waals surface area (Å²) in [6.45, 7) is 9.32. The quantitative estimate of drug-likeness (QED) is 0.343. The van der Waals surface area contributed by atoms with Gasteiger partial charge in [-0.3, -0.25) is 4.99 Å². The van der Waals surface area contributed by atoms with Gasteiger partial charge in [-0.25, -0.2) is 4.98 Å². The van der Waals surface area contributed by atoms with Crippen LogP contribution in [0, 0.1) is 6.92 Å². The van der Waals surface area contributed by atoms with Gasteiger partial charge in [-0.15, -0.1) is 35.3 Å². The number of rotatable bonds is 6. The van der Waals surface area contributed by atoms with Gasteiger partial charge < -0.3 is 20.4 Å². The van der Waals surface area contributed by atoms with Crippen molar-refractivity contribution in [3.63, 3.8) is 0 Å². The van der Waals surface area contributed by atoms with Gasteiger partial charge >= 0.3 is 0 Å². The Morgan fingerprint density at radius 3 is 2.55 bits per heavy atom. The lowest BCUT2D eigenvalue weighted by Gasteiger charge is -2.33. The number of nitrogens with zero attached hydrogens (tertiary/aromatic N) is 4. The number of aromatic nitrogens is 1. The van der Waals surface area contributed by atoms with E-state index in [1.54, 1.807) is 0 Å². The minimum absolute atomic E-state index is 0. The third-order valence-corrected chi connectivity index (χ3v) is 6.03. The van der Waals surface area contributed by atoms with Gasteiger partial charge in [-0.1, -0.05) is 6.07 Å². The maximum absolute atomic E-state index is 4.66. The maximum Gasteiger partial charge on any atom is 0.191 e. The summed E-state index contributed by atoms with van der Waals surface area (Å²) in [5, 5.41) is 6.87. The molecule has 0 saturated carbocycles. The molecule has 1 unspecified atom stereocenters. The highest BCUT2D eigenvalue weighted by molar-refractivity contribution is 14.0. The Kier molecular flexibility index (Phi) is 9.64. The second-order valence-corrected chi connectivity index (χ2v) is 8.88. The highest BCUT2D eigenvalue weighted by Gasteiger charge is 2.15. The molecule has 1 aliphatic heterocycles. The molecule has 1 saturated heterocycles. The van der Waals surface area contributed by atoms with Gasteiger partial charge in [-0.2, -0.15) is 0 Å². The van der Waals surface area contributed by atoms with Gasteiger partial charge in [-0.05, 0) is 44.7 Å². The van der Waals surface area contributed by atoms with Crippen molar-refractivity contribution in [2.45, 2.75) is 32.9 Å². The minimum Gasteiger partial charge on any atom is -0.354 e. The SMILES string of the molecule is CN=C(NCc1ccc(N2CCN(C)CC2)nc1)NC(C)Cc1ccc(C)s1.I. The molecule has 0 radical (unpaired) electrons. The molecule has 1 atom stereocenters. The van der Waals surface area contributed by atoms with Crippen LogP contribution < -0.4 is 15.5 Å². The van der Waals surface area contributed by atoms with Crippen LogP contribution in [0.15, 0.2) is 35.5 Å². The molecule has 2 aromatic rings. The van der Waals surface area contributed by atoms with Gasteiger partial charge in [0.05, 0.1) is 0 Å². The molecular formula is C21H33IN6S. The van der Waals surface area contributed by atoms with Crippen LogP contribution in [0.2, 0.25) is 0 Å². The summed E-state index contributed by atoms with van der Waals surface area (Å²) in [4.78, 5) is 16.5. The van der Waals surface area contributed by atoms with Crippen molar-refractivity contribution >= 4 is 47.1 Å². The van der Waals surface area contributed by atoms with Crippen LogP contribution in [0.5, 0.6) is 0 Å². The molecule has 8 heteroatoms. The number of hydrogen-bond donors (Lipinski definition) is 2. The monoisotopic (exact) mass is 528 g/mol. The zero-order valence-electron chi connectivity index (χ0n) is 17.8. The highest BCUT2D eigenvalue weighted by atomic mass is 127. The number of halogens is 1. The Labute approximate surface area is 195 Å². The molecule has 0 amide bonds. The maximum atomic E-state index is 4.66. The summed E-state index contributed by atoms with van der Waals surface area (Å²) >= 11 is 1.86. The standard InChI is InChI=1S/C21H32N6S.HI/c1-16(13-19-7-5-17(2)28-19)25-21(22-3)24-15-18-6-8-20(23-14-18)27-11-9-26(4)10-12-27;/h5-8,14,16H,9-13,15H2,1-4H3,(H2,22,24,25);1H. The predicted octanol–water partition coefficient (Wildman–Crippen LogP) is 3.12. The van der Waals surface area contributed by atoms with Crippen molar-refractivity contribution in [3.8, 4) is 0 Å². The van der Waals surface area contributed by atoms with E-state index in [9.17, 15) is 0 Å². The van der Waals surface area contributed by atoms with Gasteiger partial charge in [0.2, 0.25) is 0 Å². The third kappa shape index (κ3) is 7.42. The molecule has 3 rings (SSSR count). The summed E-state index contributed by atoms with van der Waals surface area (Å²) in [5.41, 5.74) is 1.15. The lowest BCUT2D eigenvalue weighted by atomic mass is 10.2. The van der Waals surface area contributed by atoms with Crippen LogP contribution in [-0.4, -0.2) is 62.2 Å². The van der Waals surface area contributed by atoms with E-state index in [0.717, 1.165) is 49.9 Å². The average molecular weight is 529 g/mol. The average Bonchev–Trinajstić information content (AvgIpc) is 3.10. The zero-order chi connectivity index (χ0) is 19.9. The molecular weight excluding hydrogens is 495 g/mol. The summed E-state index contributed by atoms with van der Waals surface area (Å²) in [6.07, 6.45) is 2.96. The first-order valence-corrected chi connectivity index (χ1v) is 10.8. The van der Waals surface area contributed by atoms with Gasteiger partial charge in [0.1, 0.15) is 5.82 Å². The number of aliphatic imine (C=N–C) groups is 1. The molecule has 3 heterocycles. The zero-order valence-corrected chi connectivity index (χ0v) is 21.0. The number of piperazine rings is 1. The summed E-state index contributed by atoms with van der Waals surface area (Å²) in [6, 6.07) is 8.99. The molecule has 0 bridgehead atoms. The highest BCUT2D eigenvalue weighted by Crippen LogP contribution is 2.17. The molecule has 1 fully saturated rings. The first kappa shape index (κ1) is 23.9. The van der Waals surface area contributed by atoms with Crippen molar-refractivity contribution in [3.05, 3.63) is 45.8 Å². The fourth-order valence-electron chi connectivity index (χ4n) is 3.31. The van der Waals surface area contributed by atoms with Crippen molar-refractivity contribution in [2.75, 3.05) is 45.2 Å². The molecule has 0 spiro atoms. The van der Waals surface area contributed by atoms with E-state index in [1.807, 2.05) is 24.6 Å². The molecule has 0 aliphatic carbocycles. The minimum atomic E-state index is 0. The smallest absolute Gasteiger partial charge is 0.191 e. The Bertz CT molecular complexity index is 768. The van der Waals surface area contributed by atoms with Crippen molar-refractivity contribution < 1.29 is 0 Å². The number of aryl methyl sites for hydroxylation is 1. The van der Waals surface area contributed by atoms with E-state index in [4.69, 9.17) is 0 Å². The third-order valence-electron chi connectivity index (χ3n) is 5.01. The first-order chi connectivity index (χ1) is 13.5. The van der Waals surface area contributed by atoms with Crippen LogP contribution in [0.1, 0.15) is 22.2 Å². The summed E-state index contributed by atoms with van der Waals surface area (Å²) in [7, 11) is 3.98. The molecule has 2 aromatic heterocycles. The Hall–Kier alpha value is -1.39. The van der Waals surface area contributed by atoms with Gasteiger partial charge in [0.25, 0.3) is 0 Å². The second-order valence-electron chi connectivity index (χ2n) is 7.50. The number of anilines is 1. The van der Waals surface area contributed by atoms with Crippen molar-refractivity contribution in [1.29, 1.82) is 0 Å². The molecule has 1 aliphatic rings. The molecule has 29 heavy (non-hydrogen) atoms. The topological polar surface area (TPSA) is 55.8 Å². The Morgan fingerprint density at radius 2 is 1.97 bits per heavy atom. The predicted molar refractivity (Wildman–Crippen MR) is 135 cm³/mol. The lowest BCUT2D eigenvalue weighted by Crippen LogP contribution is -2.44. The number of thiophene rings is 1. The van der Waals surface area contributed by atoms with Gasteiger partial charge in [0, 0.05) is 68.2 Å². The number of likely N-dealkylation sites (N-methyl/N-ethyl adjacent to an activating group) is 1. The Balaban J connectivity index is 0.00000300. The summed E-state index contributed by atoms with van der Waals surface area (Å²) < 4.78 is 0. The number of hydrogen-bond acceptors (Lipinski definition) is 5. The van der Waals surface area contributed by atoms with E-state index < -0.39 is 0 Å². The van der Waals surface area contributed by atoms with Gasteiger partial charge in [0.15, 0.2) is 5.96 Å². The molecule has 2 N–H and O–H groups in total. The van der Waals surface area contributed by atoms with Crippen LogP contribution >= 0.6 is 35.3 Å². The number of nitrogens with one attached hydrogen (secondary N) is 2. The van der Waals surface area contributed by atoms with Crippen LogP contribution in [-0.2, 0) is 13.0 Å². The Morgan fingerprint density at radius 1 is 1.21 bits per heavy atom. The fraction of sp³-hybridized carbons (Fsp3) is 0.524. The second kappa shape index (κ2) is 11.7. The van der Waals surface area contributed by atoms with E-state index in [0.29, 0.717) is 12.6 Å². The lowest BCUT2D eigenvalue weighted by molar-refractivity contribution is 0.312. The molecule has 160 valence electrons. The van der Waals surface area contributed by atoms with E-state index in [1.165, 1.54) is 9.75 Å². The number of guanidine groups is 1. The first-order valence-electron chi connectivity index (χ1n) is 9.94. The van der Waals surface area contributed by atoms with Crippen molar-refractivity contribution in [1.82, 2.24) is 20.5 Å². The fourth-order valence-corrected chi connectivity index (χ4v) is 4.32. The van der Waals surface area contributed by atoms with Crippen molar-refractivity contribution in [2.24, 2.45) is 4.99 Å². The van der Waals surface area contributed by atoms with Crippen LogP contribution in [0.3, 0.4) is 0 Å². The van der Waals surface area contributed by atoms with E-state index in [2.05, 4.69) is 75.6 Å². The normalized spacial score (nSPS) is 16.3. The van der Waals surface area contributed by atoms with Crippen LogP contribution in [0.25, 0.3) is 0 Å². The van der Waals surface area contributed by atoms with E-state index in [-0.39, 0.29) is 24.0 Å². The molecule has 0 aromatic carbocycles. The largest absolute Gasteiger partial charge is 0.354 e. The summed E-state index contributed by atoms with van der Waals surface area (Å²) in [5.74, 6) is 1.89. The van der Waals surface area contributed by atoms with Crippen LogP contribution in [0.4, 0.5) is 5.82 Å². The van der Waals surface area contributed by atoms with E-state index >= 15 is 0 Å². The number of pyridine rings is 1.